The highest BCUT2D eigenvalue weighted by Crippen LogP contribution is 2.50. The molecule has 0 unspecified atom stereocenters. The molecule has 0 saturated carbocycles. The second-order valence-electron chi connectivity index (χ2n) is 13.8. The van der Waals surface area contributed by atoms with Crippen molar-refractivity contribution < 1.29 is 19.5 Å². The SMILES string of the molecule is CCN1\C(=C/C=C/C=C/C=C/C2=[N+](CCCCCC(=O)OO)c3ccc4ccccc4c3C2(C)C)C(C)(C)c2c1ccc1ccccc21. The van der Waals surface area contributed by atoms with Gasteiger partial charge in [-0.25, -0.2) is 4.79 Å². The predicted octanol–water partition coefficient (Wildman–Crippen LogP) is 10.3. The third-order valence-corrected chi connectivity index (χ3v) is 10.1. The predicted molar refractivity (Wildman–Crippen MR) is 199 cm³/mol. The summed E-state index contributed by atoms with van der Waals surface area (Å²) in [5, 5.41) is 13.7. The van der Waals surface area contributed by atoms with E-state index in [2.05, 4.69) is 164 Å². The van der Waals surface area contributed by atoms with Crippen LogP contribution < -0.4 is 4.90 Å². The molecule has 0 bridgehead atoms. The lowest BCUT2D eigenvalue weighted by atomic mass is 9.79. The quantitative estimate of drug-likeness (QED) is 0.0583. The summed E-state index contributed by atoms with van der Waals surface area (Å²) >= 11 is 0. The number of hydrogen-bond donors (Lipinski definition) is 1. The lowest BCUT2D eigenvalue weighted by Crippen LogP contribution is -2.28. The molecule has 0 fully saturated rings. The first-order chi connectivity index (χ1) is 23.2. The summed E-state index contributed by atoms with van der Waals surface area (Å²) in [6, 6.07) is 26.3. The molecule has 2 aliphatic rings. The smallest absolute Gasteiger partial charge is 0.342 e. The number of fused-ring (bicyclic) bond motifs is 6. The molecule has 0 aliphatic carbocycles. The van der Waals surface area contributed by atoms with Crippen LogP contribution in [0.3, 0.4) is 0 Å². The molecule has 4 aromatic rings. The van der Waals surface area contributed by atoms with Crippen molar-refractivity contribution in [2.75, 3.05) is 18.0 Å². The van der Waals surface area contributed by atoms with Gasteiger partial charge in [-0.15, -0.1) is 0 Å². The minimum Gasteiger partial charge on any atom is -0.344 e. The average Bonchev–Trinajstić information content (AvgIpc) is 3.45. The topological polar surface area (TPSA) is 52.8 Å². The molecule has 5 nitrogen and oxygen atoms in total. The van der Waals surface area contributed by atoms with Crippen LogP contribution in [-0.2, 0) is 20.5 Å². The van der Waals surface area contributed by atoms with Crippen LogP contribution in [0.15, 0.2) is 121 Å². The largest absolute Gasteiger partial charge is 0.344 e. The molecule has 4 aromatic carbocycles. The van der Waals surface area contributed by atoms with Gasteiger partial charge in [0.25, 0.3) is 0 Å². The molecule has 1 N–H and O–H groups in total. The zero-order valence-corrected chi connectivity index (χ0v) is 28.9. The molecule has 0 amide bonds. The summed E-state index contributed by atoms with van der Waals surface area (Å²) in [6.07, 6.45) is 17.9. The van der Waals surface area contributed by atoms with E-state index in [4.69, 9.17) is 5.26 Å². The molecule has 2 heterocycles. The normalized spacial score (nSPS) is 17.5. The molecule has 0 saturated heterocycles. The summed E-state index contributed by atoms with van der Waals surface area (Å²) in [6.45, 7) is 13.3. The Labute approximate surface area is 284 Å². The standard InChI is InChI=1S/C43H46N2O3/c1-6-44-35-28-26-31-19-14-16-21-33(31)40(35)42(2,3)37(44)23-11-8-7-9-12-24-38-43(4,5)41-34-22-17-15-20-32(34)27-29-36(41)45(38)30-18-10-13-25-39(46)48-47/h7-9,11-12,14-17,19-24,26-29H,6,10,13,18,25,30H2,1-5H3/p+1. The molecular weight excluding hydrogens is 592 g/mol. The van der Waals surface area contributed by atoms with Crippen molar-refractivity contribution in [2.45, 2.75) is 71.1 Å². The minimum absolute atomic E-state index is 0.102. The summed E-state index contributed by atoms with van der Waals surface area (Å²) in [4.78, 5) is 17.7. The molecule has 0 spiro atoms. The van der Waals surface area contributed by atoms with Gasteiger partial charge in [-0.1, -0.05) is 98.8 Å². The lowest BCUT2D eigenvalue weighted by molar-refractivity contribution is -0.438. The third kappa shape index (κ3) is 6.04. The Balaban J connectivity index is 1.23. The molecule has 0 radical (unpaired) electrons. The number of hydrogen-bond acceptors (Lipinski definition) is 4. The van der Waals surface area contributed by atoms with Gasteiger partial charge in [0.15, 0.2) is 5.71 Å². The maximum Gasteiger partial charge on any atom is 0.342 e. The van der Waals surface area contributed by atoms with Crippen LogP contribution in [0.5, 0.6) is 0 Å². The summed E-state index contributed by atoms with van der Waals surface area (Å²) in [7, 11) is 0. The second kappa shape index (κ2) is 13.8. The second-order valence-corrected chi connectivity index (χ2v) is 13.8. The highest BCUT2D eigenvalue weighted by molar-refractivity contribution is 6.07. The van der Waals surface area contributed by atoms with Crippen LogP contribution in [0.1, 0.15) is 71.4 Å². The third-order valence-electron chi connectivity index (χ3n) is 10.1. The Hall–Kier alpha value is -4.74. The fourth-order valence-electron chi connectivity index (χ4n) is 7.90. The molecule has 0 atom stereocenters. The molecule has 48 heavy (non-hydrogen) atoms. The van der Waals surface area contributed by atoms with Crippen LogP contribution in [0.25, 0.3) is 21.5 Å². The zero-order valence-electron chi connectivity index (χ0n) is 28.9. The number of carbonyl (C=O) groups is 1. The van der Waals surface area contributed by atoms with Crippen molar-refractivity contribution >= 4 is 44.6 Å². The van der Waals surface area contributed by atoms with Crippen molar-refractivity contribution in [3.63, 3.8) is 0 Å². The van der Waals surface area contributed by atoms with E-state index in [0.29, 0.717) is 6.42 Å². The fraction of sp³-hybridized carbons (Fsp3) is 0.302. The highest BCUT2D eigenvalue weighted by Gasteiger charge is 2.45. The minimum atomic E-state index is -0.574. The summed E-state index contributed by atoms with van der Waals surface area (Å²) in [5.74, 6) is -0.574. The number of carbonyl (C=O) groups excluding carboxylic acids is 1. The van der Waals surface area contributed by atoms with E-state index < -0.39 is 5.97 Å². The van der Waals surface area contributed by atoms with E-state index in [0.717, 1.165) is 25.9 Å². The van der Waals surface area contributed by atoms with Gasteiger partial charge < -0.3 is 9.79 Å². The van der Waals surface area contributed by atoms with Crippen LogP contribution >= 0.6 is 0 Å². The first-order valence-electron chi connectivity index (χ1n) is 17.2. The van der Waals surface area contributed by atoms with E-state index in [1.807, 2.05) is 0 Å². The number of allylic oxidation sites excluding steroid dienone is 8. The van der Waals surface area contributed by atoms with Gasteiger partial charge in [-0.05, 0) is 78.9 Å². The summed E-state index contributed by atoms with van der Waals surface area (Å²) < 4.78 is 2.44. The number of rotatable bonds is 11. The van der Waals surface area contributed by atoms with E-state index in [1.54, 1.807) is 0 Å². The Morgan fingerprint density at radius 3 is 2.12 bits per heavy atom. The maximum atomic E-state index is 11.4. The molecular formula is C43H47N2O3+. The Kier molecular flexibility index (Phi) is 9.52. The number of anilines is 1. The van der Waals surface area contributed by atoms with Crippen molar-refractivity contribution in [1.29, 1.82) is 0 Å². The average molecular weight is 640 g/mol. The first kappa shape index (κ1) is 33.2. The molecule has 5 heteroatoms. The Morgan fingerprint density at radius 1 is 0.771 bits per heavy atom. The van der Waals surface area contributed by atoms with Crippen molar-refractivity contribution in [3.05, 3.63) is 132 Å². The molecule has 0 aromatic heterocycles. The van der Waals surface area contributed by atoms with Gasteiger partial charge in [0.2, 0.25) is 5.69 Å². The van der Waals surface area contributed by atoms with Crippen LogP contribution in [0.2, 0.25) is 0 Å². The van der Waals surface area contributed by atoms with Crippen molar-refractivity contribution in [1.82, 2.24) is 0 Å². The first-order valence-corrected chi connectivity index (χ1v) is 17.2. The monoisotopic (exact) mass is 639 g/mol. The van der Waals surface area contributed by atoms with Gasteiger partial charge in [0.05, 0.1) is 5.41 Å². The van der Waals surface area contributed by atoms with E-state index in [-0.39, 0.29) is 17.3 Å². The number of nitrogens with zero attached hydrogens (tertiary/aromatic N) is 2. The molecule has 6 rings (SSSR count). The summed E-state index contributed by atoms with van der Waals surface area (Å²) in [5.41, 5.74) is 7.60. The van der Waals surface area contributed by atoms with E-state index >= 15 is 0 Å². The number of benzene rings is 4. The van der Waals surface area contributed by atoms with Crippen molar-refractivity contribution in [2.24, 2.45) is 0 Å². The van der Waals surface area contributed by atoms with Gasteiger partial charge in [-0.3, -0.25) is 0 Å². The Morgan fingerprint density at radius 2 is 1.42 bits per heavy atom. The van der Waals surface area contributed by atoms with Gasteiger partial charge in [0, 0.05) is 53.9 Å². The number of likely N-dealkylation sites (N-methyl/N-ethyl adjacent to an activating group) is 1. The van der Waals surface area contributed by atoms with Crippen LogP contribution in [0, 0.1) is 0 Å². The molecule has 2 aliphatic heterocycles. The van der Waals surface area contributed by atoms with Gasteiger partial charge >= 0.3 is 5.97 Å². The fourth-order valence-corrected chi connectivity index (χ4v) is 7.90. The lowest BCUT2D eigenvalue weighted by Gasteiger charge is -2.26. The van der Waals surface area contributed by atoms with Crippen LogP contribution in [-0.4, -0.2) is 34.6 Å². The Bertz CT molecular complexity index is 2010. The zero-order chi connectivity index (χ0) is 33.9. The van der Waals surface area contributed by atoms with Gasteiger partial charge in [-0.2, -0.15) is 9.83 Å². The van der Waals surface area contributed by atoms with Gasteiger partial charge in [0.1, 0.15) is 6.54 Å². The van der Waals surface area contributed by atoms with E-state index in [1.165, 1.54) is 55.5 Å². The van der Waals surface area contributed by atoms with Crippen molar-refractivity contribution in [3.8, 4) is 0 Å². The van der Waals surface area contributed by atoms with E-state index in [9.17, 15) is 4.79 Å². The number of unbranched alkanes of at least 4 members (excludes halogenated alkanes) is 2. The molecule has 246 valence electrons. The highest BCUT2D eigenvalue weighted by atomic mass is 17.1. The van der Waals surface area contributed by atoms with Crippen LogP contribution in [0.4, 0.5) is 11.4 Å². The maximum absolute atomic E-state index is 11.4.